The quantitative estimate of drug-likeness (QED) is 0.560. The number of carbonyl (C=O) groups is 2. The molecular weight excluding hydrogens is 418 g/mol. The number of hydrogen-bond donors (Lipinski definition) is 2. The molecule has 0 aliphatic heterocycles. The zero-order chi connectivity index (χ0) is 23.1. The summed E-state index contributed by atoms with van der Waals surface area (Å²) in [5.41, 5.74) is 1.06. The van der Waals surface area contributed by atoms with Gasteiger partial charge < -0.3 is 20.1 Å². The number of ether oxygens (including phenoxy) is 2. The lowest BCUT2D eigenvalue weighted by molar-refractivity contribution is -0.120. The maximum absolute atomic E-state index is 14.5. The largest absolute Gasteiger partial charge is 0.497 e. The van der Waals surface area contributed by atoms with Gasteiger partial charge in [0.2, 0.25) is 5.91 Å². The van der Waals surface area contributed by atoms with Gasteiger partial charge >= 0.3 is 0 Å². The van der Waals surface area contributed by atoms with E-state index in [2.05, 4.69) is 10.6 Å². The molecule has 0 aliphatic rings. The van der Waals surface area contributed by atoms with Crippen LogP contribution >= 0.6 is 0 Å². The van der Waals surface area contributed by atoms with Gasteiger partial charge in [0.1, 0.15) is 23.1 Å². The predicted octanol–water partition coefficient (Wildman–Crippen LogP) is 3.70. The maximum atomic E-state index is 14.5. The second-order valence-electron chi connectivity index (χ2n) is 6.85. The minimum Gasteiger partial charge on any atom is -0.497 e. The van der Waals surface area contributed by atoms with Crippen LogP contribution < -0.4 is 20.1 Å². The topological polar surface area (TPSA) is 76.7 Å². The number of amides is 2. The van der Waals surface area contributed by atoms with Crippen LogP contribution in [-0.2, 0) is 11.3 Å². The van der Waals surface area contributed by atoms with Gasteiger partial charge in [-0.1, -0.05) is 18.2 Å². The van der Waals surface area contributed by atoms with Crippen molar-refractivity contribution in [3.63, 3.8) is 0 Å². The number of rotatable bonds is 8. The highest BCUT2D eigenvalue weighted by Gasteiger charge is 2.15. The zero-order valence-electron chi connectivity index (χ0n) is 17.6. The van der Waals surface area contributed by atoms with Gasteiger partial charge in [0, 0.05) is 18.2 Å². The monoisotopic (exact) mass is 440 g/mol. The SMILES string of the molecule is COc1ccc(CNC(=O)CNC(=O)c2ccc(-c3ccc(OC)cc3F)cc2F)cc1. The molecule has 6 nitrogen and oxygen atoms in total. The first-order valence-electron chi connectivity index (χ1n) is 9.72. The van der Waals surface area contributed by atoms with E-state index in [1.807, 2.05) is 0 Å². The van der Waals surface area contributed by atoms with E-state index in [0.29, 0.717) is 11.5 Å². The Morgan fingerprint density at radius 3 is 2.12 bits per heavy atom. The minimum atomic E-state index is -0.825. The Hall–Kier alpha value is -3.94. The highest BCUT2D eigenvalue weighted by atomic mass is 19.1. The third kappa shape index (κ3) is 5.60. The standard InChI is InChI=1S/C24H22F2N2O4/c1-31-17-6-3-15(4-7-17)13-27-23(29)14-28-24(30)20-9-5-16(11-21(20)25)19-10-8-18(32-2)12-22(19)26/h3-12H,13-14H2,1-2H3,(H,27,29)(H,28,30). The lowest BCUT2D eigenvalue weighted by atomic mass is 10.0. The first kappa shape index (κ1) is 22.7. The molecule has 0 aliphatic carbocycles. The van der Waals surface area contributed by atoms with E-state index in [-0.39, 0.29) is 29.8 Å². The first-order valence-corrected chi connectivity index (χ1v) is 9.72. The normalized spacial score (nSPS) is 10.4. The Morgan fingerprint density at radius 2 is 1.50 bits per heavy atom. The van der Waals surface area contributed by atoms with Crippen molar-refractivity contribution in [1.82, 2.24) is 10.6 Å². The van der Waals surface area contributed by atoms with Gasteiger partial charge in [-0.05, 0) is 47.5 Å². The van der Waals surface area contributed by atoms with Crippen LogP contribution in [0.25, 0.3) is 11.1 Å². The Kier molecular flexibility index (Phi) is 7.38. The van der Waals surface area contributed by atoms with Crippen LogP contribution in [0.15, 0.2) is 60.7 Å². The average Bonchev–Trinajstić information content (AvgIpc) is 2.81. The summed E-state index contributed by atoms with van der Waals surface area (Å²) in [5.74, 6) is -1.53. The summed E-state index contributed by atoms with van der Waals surface area (Å²) >= 11 is 0. The Labute approximate surface area is 184 Å². The lowest BCUT2D eigenvalue weighted by Gasteiger charge is -2.10. The van der Waals surface area contributed by atoms with E-state index < -0.39 is 23.4 Å². The van der Waals surface area contributed by atoms with Crippen LogP contribution in [0.3, 0.4) is 0 Å². The van der Waals surface area contributed by atoms with Crippen LogP contribution in [0.2, 0.25) is 0 Å². The summed E-state index contributed by atoms with van der Waals surface area (Å²) in [7, 11) is 2.98. The molecule has 166 valence electrons. The molecule has 0 bridgehead atoms. The second kappa shape index (κ2) is 10.4. The van der Waals surface area contributed by atoms with Crippen molar-refractivity contribution in [3.8, 4) is 22.6 Å². The molecule has 0 saturated carbocycles. The molecule has 0 fully saturated rings. The maximum Gasteiger partial charge on any atom is 0.254 e. The third-order valence-electron chi connectivity index (χ3n) is 4.76. The summed E-state index contributed by atoms with van der Waals surface area (Å²) in [5, 5.41) is 5.04. The first-order chi connectivity index (χ1) is 15.4. The molecule has 0 heterocycles. The Bertz CT molecular complexity index is 1120. The molecule has 3 aromatic carbocycles. The van der Waals surface area contributed by atoms with Gasteiger partial charge in [-0.2, -0.15) is 0 Å². The van der Waals surface area contributed by atoms with E-state index in [1.54, 1.807) is 37.4 Å². The van der Waals surface area contributed by atoms with Crippen molar-refractivity contribution in [3.05, 3.63) is 83.4 Å². The van der Waals surface area contributed by atoms with Crippen LogP contribution in [0.5, 0.6) is 11.5 Å². The lowest BCUT2D eigenvalue weighted by Crippen LogP contribution is -2.36. The number of methoxy groups -OCH3 is 2. The molecule has 0 radical (unpaired) electrons. The van der Waals surface area contributed by atoms with Crippen molar-refractivity contribution < 1.29 is 27.8 Å². The van der Waals surface area contributed by atoms with E-state index in [0.717, 1.165) is 11.6 Å². The van der Waals surface area contributed by atoms with Crippen LogP contribution in [-0.4, -0.2) is 32.6 Å². The smallest absolute Gasteiger partial charge is 0.254 e. The van der Waals surface area contributed by atoms with Gasteiger partial charge in [0.15, 0.2) is 0 Å². The summed E-state index contributed by atoms with van der Waals surface area (Å²) in [6.07, 6.45) is 0. The van der Waals surface area contributed by atoms with E-state index in [9.17, 15) is 18.4 Å². The third-order valence-corrected chi connectivity index (χ3v) is 4.76. The van der Waals surface area contributed by atoms with Gasteiger partial charge in [0.25, 0.3) is 5.91 Å². The highest BCUT2D eigenvalue weighted by molar-refractivity contribution is 5.97. The Morgan fingerprint density at radius 1 is 0.812 bits per heavy atom. The van der Waals surface area contributed by atoms with Gasteiger partial charge in [-0.15, -0.1) is 0 Å². The van der Waals surface area contributed by atoms with Crippen LogP contribution in [0, 0.1) is 11.6 Å². The number of hydrogen-bond acceptors (Lipinski definition) is 4. The minimum absolute atomic E-state index is 0.176. The molecule has 0 spiro atoms. The molecule has 8 heteroatoms. The summed E-state index contributed by atoms with van der Waals surface area (Å²) in [6, 6.07) is 15.1. The van der Waals surface area contributed by atoms with Crippen LogP contribution in [0.1, 0.15) is 15.9 Å². The second-order valence-corrected chi connectivity index (χ2v) is 6.85. The molecule has 0 atom stereocenters. The van der Waals surface area contributed by atoms with Gasteiger partial charge in [-0.3, -0.25) is 9.59 Å². The molecule has 0 unspecified atom stereocenters. The molecule has 2 N–H and O–H groups in total. The van der Waals surface area contributed by atoms with E-state index in [1.165, 1.54) is 31.4 Å². The molecule has 3 aromatic rings. The van der Waals surface area contributed by atoms with Crippen molar-refractivity contribution in [2.45, 2.75) is 6.54 Å². The molecule has 3 rings (SSSR count). The summed E-state index contributed by atoms with van der Waals surface area (Å²) < 4.78 is 38.7. The summed E-state index contributed by atoms with van der Waals surface area (Å²) in [4.78, 5) is 24.3. The van der Waals surface area contributed by atoms with Crippen molar-refractivity contribution in [1.29, 1.82) is 0 Å². The predicted molar refractivity (Wildman–Crippen MR) is 116 cm³/mol. The Balaban J connectivity index is 1.57. The fourth-order valence-electron chi connectivity index (χ4n) is 2.99. The molecular formula is C24H22F2N2O4. The fourth-order valence-corrected chi connectivity index (χ4v) is 2.99. The highest BCUT2D eigenvalue weighted by Crippen LogP contribution is 2.27. The fraction of sp³-hybridized carbons (Fsp3) is 0.167. The number of benzene rings is 3. The summed E-state index contributed by atoms with van der Waals surface area (Å²) in [6.45, 7) is -0.0432. The number of nitrogens with one attached hydrogen (secondary N) is 2. The average molecular weight is 440 g/mol. The molecule has 32 heavy (non-hydrogen) atoms. The number of carbonyl (C=O) groups excluding carboxylic acids is 2. The van der Waals surface area contributed by atoms with E-state index in [4.69, 9.17) is 9.47 Å². The zero-order valence-corrected chi connectivity index (χ0v) is 17.6. The molecule has 2 amide bonds. The van der Waals surface area contributed by atoms with Crippen molar-refractivity contribution >= 4 is 11.8 Å². The molecule has 0 aromatic heterocycles. The van der Waals surface area contributed by atoms with Gasteiger partial charge in [-0.25, -0.2) is 8.78 Å². The number of halogens is 2. The molecule has 0 saturated heterocycles. The van der Waals surface area contributed by atoms with Crippen LogP contribution in [0.4, 0.5) is 8.78 Å². The van der Waals surface area contributed by atoms with E-state index >= 15 is 0 Å². The van der Waals surface area contributed by atoms with Crippen molar-refractivity contribution in [2.75, 3.05) is 20.8 Å². The van der Waals surface area contributed by atoms with Crippen molar-refractivity contribution in [2.24, 2.45) is 0 Å². The van der Waals surface area contributed by atoms with Gasteiger partial charge in [0.05, 0.1) is 26.3 Å².